The lowest BCUT2D eigenvalue weighted by atomic mass is 10.2. The minimum absolute atomic E-state index is 0.0145. The molecule has 148 valence electrons. The number of carbonyl (C=O) groups is 3. The van der Waals surface area contributed by atoms with Crippen molar-refractivity contribution in [3.05, 3.63) is 59.7 Å². The van der Waals surface area contributed by atoms with E-state index in [2.05, 4.69) is 5.32 Å². The SMILES string of the molecule is CCOC(=O)c1ccccc1NC(=O)COC(=O)CCOc1ccc(C)cc1. The van der Waals surface area contributed by atoms with Crippen LogP contribution >= 0.6 is 0 Å². The number of para-hydroxylation sites is 1. The van der Waals surface area contributed by atoms with E-state index in [9.17, 15) is 14.4 Å². The minimum atomic E-state index is -0.555. The molecule has 0 radical (unpaired) electrons. The molecule has 1 amide bonds. The Morgan fingerprint density at radius 1 is 0.964 bits per heavy atom. The molecule has 1 N–H and O–H groups in total. The van der Waals surface area contributed by atoms with Crippen molar-refractivity contribution in [3.8, 4) is 5.75 Å². The molecule has 0 bridgehead atoms. The molecule has 0 saturated heterocycles. The summed E-state index contributed by atoms with van der Waals surface area (Å²) >= 11 is 0. The molecule has 2 aromatic carbocycles. The van der Waals surface area contributed by atoms with E-state index in [1.807, 2.05) is 31.2 Å². The van der Waals surface area contributed by atoms with Crippen LogP contribution in [0.4, 0.5) is 5.69 Å². The molecule has 0 aliphatic heterocycles. The van der Waals surface area contributed by atoms with Gasteiger partial charge in [0.05, 0.1) is 30.9 Å². The molecule has 28 heavy (non-hydrogen) atoms. The third-order valence-corrected chi connectivity index (χ3v) is 3.66. The van der Waals surface area contributed by atoms with Crippen LogP contribution in [-0.2, 0) is 19.1 Å². The van der Waals surface area contributed by atoms with Crippen LogP contribution in [0.5, 0.6) is 5.75 Å². The van der Waals surface area contributed by atoms with E-state index in [4.69, 9.17) is 14.2 Å². The van der Waals surface area contributed by atoms with Crippen LogP contribution in [0.3, 0.4) is 0 Å². The van der Waals surface area contributed by atoms with Gasteiger partial charge in [-0.3, -0.25) is 9.59 Å². The van der Waals surface area contributed by atoms with Crippen molar-refractivity contribution in [1.29, 1.82) is 0 Å². The van der Waals surface area contributed by atoms with E-state index in [1.54, 1.807) is 31.2 Å². The molecule has 7 nitrogen and oxygen atoms in total. The van der Waals surface area contributed by atoms with Crippen molar-refractivity contribution in [1.82, 2.24) is 0 Å². The van der Waals surface area contributed by atoms with Crippen LogP contribution in [-0.4, -0.2) is 37.7 Å². The Hall–Kier alpha value is -3.35. The number of rotatable bonds is 9. The van der Waals surface area contributed by atoms with Crippen LogP contribution in [0.1, 0.15) is 29.3 Å². The third kappa shape index (κ3) is 6.75. The van der Waals surface area contributed by atoms with Crippen LogP contribution in [0.2, 0.25) is 0 Å². The van der Waals surface area contributed by atoms with Crippen LogP contribution in [0, 0.1) is 6.92 Å². The van der Waals surface area contributed by atoms with Crippen molar-refractivity contribution in [2.24, 2.45) is 0 Å². The van der Waals surface area contributed by atoms with Gasteiger partial charge in [-0.1, -0.05) is 29.8 Å². The number of carbonyl (C=O) groups excluding carboxylic acids is 3. The van der Waals surface area contributed by atoms with Crippen LogP contribution < -0.4 is 10.1 Å². The van der Waals surface area contributed by atoms with Gasteiger partial charge in [-0.15, -0.1) is 0 Å². The fraction of sp³-hybridized carbons (Fsp3) is 0.286. The van der Waals surface area contributed by atoms with Crippen LogP contribution in [0.15, 0.2) is 48.5 Å². The van der Waals surface area contributed by atoms with E-state index in [1.165, 1.54) is 0 Å². The fourth-order valence-corrected chi connectivity index (χ4v) is 2.27. The van der Waals surface area contributed by atoms with E-state index >= 15 is 0 Å². The van der Waals surface area contributed by atoms with Gasteiger partial charge < -0.3 is 19.5 Å². The Morgan fingerprint density at radius 2 is 1.68 bits per heavy atom. The maximum Gasteiger partial charge on any atom is 0.340 e. The van der Waals surface area contributed by atoms with Crippen molar-refractivity contribution >= 4 is 23.5 Å². The normalized spacial score (nSPS) is 10.1. The average molecular weight is 385 g/mol. The summed E-state index contributed by atoms with van der Waals surface area (Å²) < 4.78 is 15.3. The van der Waals surface area contributed by atoms with E-state index in [0.29, 0.717) is 11.4 Å². The quantitative estimate of drug-likeness (QED) is 0.667. The van der Waals surface area contributed by atoms with Gasteiger partial charge in [0, 0.05) is 0 Å². The molecule has 0 heterocycles. The summed E-state index contributed by atoms with van der Waals surface area (Å²) in [4.78, 5) is 35.6. The maximum atomic E-state index is 12.0. The van der Waals surface area contributed by atoms with Gasteiger partial charge in [0.2, 0.25) is 0 Å². The number of aryl methyl sites for hydroxylation is 1. The lowest BCUT2D eigenvalue weighted by molar-refractivity contribution is -0.147. The van der Waals surface area contributed by atoms with Gasteiger partial charge in [-0.25, -0.2) is 4.79 Å². The van der Waals surface area contributed by atoms with Crippen molar-refractivity contribution < 1.29 is 28.6 Å². The molecule has 0 unspecified atom stereocenters. The number of hydrogen-bond acceptors (Lipinski definition) is 6. The van der Waals surface area contributed by atoms with E-state index in [-0.39, 0.29) is 25.2 Å². The lowest BCUT2D eigenvalue weighted by Crippen LogP contribution is -2.23. The second-order valence-electron chi connectivity index (χ2n) is 5.89. The largest absolute Gasteiger partial charge is 0.493 e. The third-order valence-electron chi connectivity index (χ3n) is 3.66. The predicted molar refractivity (Wildman–Crippen MR) is 103 cm³/mol. The van der Waals surface area contributed by atoms with Gasteiger partial charge in [0.25, 0.3) is 5.91 Å². The highest BCUT2D eigenvalue weighted by atomic mass is 16.5. The monoisotopic (exact) mass is 385 g/mol. The van der Waals surface area contributed by atoms with E-state index in [0.717, 1.165) is 5.56 Å². The first-order chi connectivity index (χ1) is 13.5. The van der Waals surface area contributed by atoms with Gasteiger partial charge >= 0.3 is 11.9 Å². The molecule has 0 aliphatic carbocycles. The molecule has 0 atom stereocenters. The van der Waals surface area contributed by atoms with Crippen molar-refractivity contribution in [3.63, 3.8) is 0 Å². The molecule has 7 heteroatoms. The van der Waals surface area contributed by atoms with Gasteiger partial charge in [-0.05, 0) is 38.1 Å². The topological polar surface area (TPSA) is 90.9 Å². The average Bonchev–Trinajstić information content (AvgIpc) is 2.68. The van der Waals surface area contributed by atoms with Gasteiger partial charge in [-0.2, -0.15) is 0 Å². The number of benzene rings is 2. The molecule has 0 aliphatic rings. The highest BCUT2D eigenvalue weighted by molar-refractivity contribution is 6.01. The number of anilines is 1. The minimum Gasteiger partial charge on any atom is -0.493 e. The predicted octanol–water partition coefficient (Wildman–Crippen LogP) is 3.12. The summed E-state index contributed by atoms with van der Waals surface area (Å²) in [6.45, 7) is 3.58. The van der Waals surface area contributed by atoms with E-state index < -0.39 is 24.5 Å². The Morgan fingerprint density at radius 3 is 2.39 bits per heavy atom. The second-order valence-corrected chi connectivity index (χ2v) is 5.89. The number of nitrogens with one attached hydrogen (secondary N) is 1. The Labute approximate surface area is 163 Å². The molecular weight excluding hydrogens is 362 g/mol. The number of amides is 1. The summed E-state index contributed by atoms with van der Waals surface area (Å²) in [7, 11) is 0. The van der Waals surface area contributed by atoms with Gasteiger partial charge in [0.15, 0.2) is 6.61 Å². The summed E-state index contributed by atoms with van der Waals surface area (Å²) in [5.41, 5.74) is 1.64. The molecule has 0 fully saturated rings. The van der Waals surface area contributed by atoms with Gasteiger partial charge in [0.1, 0.15) is 5.75 Å². The lowest BCUT2D eigenvalue weighted by Gasteiger charge is -2.11. The Balaban J connectivity index is 1.75. The standard InChI is InChI=1S/C21H23NO6/c1-3-26-21(25)17-6-4-5-7-18(17)22-19(23)14-28-20(24)12-13-27-16-10-8-15(2)9-11-16/h4-11H,3,12-14H2,1-2H3,(H,22,23). The maximum absolute atomic E-state index is 12.0. The Bertz CT molecular complexity index is 816. The number of hydrogen-bond donors (Lipinski definition) is 1. The summed E-state index contributed by atoms with van der Waals surface area (Å²) in [5.74, 6) is -0.985. The first-order valence-electron chi connectivity index (χ1n) is 8.90. The second kappa shape index (κ2) is 10.7. The number of ether oxygens (including phenoxy) is 3. The molecule has 2 rings (SSSR count). The first-order valence-corrected chi connectivity index (χ1v) is 8.90. The highest BCUT2D eigenvalue weighted by Crippen LogP contribution is 2.16. The summed E-state index contributed by atoms with van der Waals surface area (Å²) in [5, 5.41) is 2.54. The molecular formula is C21H23NO6. The Kier molecular flexibility index (Phi) is 8.02. The number of esters is 2. The fourth-order valence-electron chi connectivity index (χ4n) is 2.27. The van der Waals surface area contributed by atoms with Crippen LogP contribution in [0.25, 0.3) is 0 Å². The summed E-state index contributed by atoms with van der Waals surface area (Å²) in [6, 6.07) is 13.9. The zero-order chi connectivity index (χ0) is 20.4. The zero-order valence-corrected chi connectivity index (χ0v) is 15.9. The van der Waals surface area contributed by atoms with Crippen molar-refractivity contribution in [2.75, 3.05) is 25.1 Å². The molecule has 0 spiro atoms. The first kappa shape index (κ1) is 21.0. The molecule has 2 aromatic rings. The molecule has 0 aromatic heterocycles. The highest BCUT2D eigenvalue weighted by Gasteiger charge is 2.15. The zero-order valence-electron chi connectivity index (χ0n) is 15.9. The summed E-state index contributed by atoms with van der Waals surface area (Å²) in [6.07, 6.45) is 0.0145. The smallest absolute Gasteiger partial charge is 0.340 e. The van der Waals surface area contributed by atoms with Crippen molar-refractivity contribution in [2.45, 2.75) is 20.3 Å². The molecule has 0 saturated carbocycles.